The molecule has 4 nitrogen and oxygen atoms in total. The molecule has 0 fully saturated rings. The average molecular weight is 297 g/mol. The van der Waals surface area contributed by atoms with E-state index in [1.807, 2.05) is 38.1 Å². The van der Waals surface area contributed by atoms with Crippen molar-refractivity contribution < 1.29 is 9.59 Å². The number of carbonyl (C=O) groups is 2. The molecule has 5 heteroatoms. The average Bonchev–Trinajstić information content (AvgIpc) is 2.35. The molecule has 1 rings (SSSR count). The number of hydrogen-bond donors (Lipinski definition) is 1. The van der Waals surface area contributed by atoms with Crippen LogP contribution in [0, 0.1) is 0 Å². The van der Waals surface area contributed by atoms with Crippen molar-refractivity contribution in [3.8, 4) is 0 Å². The first kappa shape index (κ1) is 16.5. The predicted octanol–water partition coefficient (Wildman–Crippen LogP) is 2.26. The Bertz CT molecular complexity index is 457. The fourth-order valence-electron chi connectivity index (χ4n) is 1.80. The van der Waals surface area contributed by atoms with E-state index in [1.54, 1.807) is 4.90 Å². The van der Waals surface area contributed by atoms with Gasteiger partial charge in [-0.1, -0.05) is 23.7 Å². The molecule has 1 aromatic carbocycles. The van der Waals surface area contributed by atoms with Crippen LogP contribution in [-0.4, -0.2) is 35.8 Å². The standard InChI is InChI=1S/C15H21ClN2O2/c1-11(2)17-15(20)10-18(12(3)19)9-8-13-4-6-14(16)7-5-13/h4-7,11H,8-10H2,1-3H3,(H,17,20). The van der Waals surface area contributed by atoms with Crippen LogP contribution < -0.4 is 5.32 Å². The Kier molecular flexibility index (Phi) is 6.52. The molecule has 110 valence electrons. The quantitative estimate of drug-likeness (QED) is 0.875. The van der Waals surface area contributed by atoms with Crippen molar-refractivity contribution in [3.63, 3.8) is 0 Å². The van der Waals surface area contributed by atoms with Crippen LogP contribution in [0.25, 0.3) is 0 Å². The summed E-state index contributed by atoms with van der Waals surface area (Å²) >= 11 is 5.82. The second kappa shape index (κ2) is 7.90. The highest BCUT2D eigenvalue weighted by atomic mass is 35.5. The minimum Gasteiger partial charge on any atom is -0.352 e. The van der Waals surface area contributed by atoms with Gasteiger partial charge in [-0.3, -0.25) is 9.59 Å². The van der Waals surface area contributed by atoms with Crippen molar-refractivity contribution in [1.82, 2.24) is 10.2 Å². The summed E-state index contributed by atoms with van der Waals surface area (Å²) in [5.41, 5.74) is 1.09. The van der Waals surface area contributed by atoms with Crippen LogP contribution in [0.2, 0.25) is 5.02 Å². The normalized spacial score (nSPS) is 10.4. The molecule has 0 aliphatic heterocycles. The van der Waals surface area contributed by atoms with Gasteiger partial charge in [-0.2, -0.15) is 0 Å². The number of hydrogen-bond acceptors (Lipinski definition) is 2. The number of halogens is 1. The lowest BCUT2D eigenvalue weighted by atomic mass is 10.1. The highest BCUT2D eigenvalue weighted by Gasteiger charge is 2.13. The highest BCUT2D eigenvalue weighted by Crippen LogP contribution is 2.10. The van der Waals surface area contributed by atoms with Gasteiger partial charge in [-0.15, -0.1) is 0 Å². The SMILES string of the molecule is CC(=O)N(CCc1ccc(Cl)cc1)CC(=O)NC(C)C. The van der Waals surface area contributed by atoms with Crippen LogP contribution in [-0.2, 0) is 16.0 Å². The second-order valence-corrected chi connectivity index (χ2v) is 5.48. The van der Waals surface area contributed by atoms with Gasteiger partial charge in [0.25, 0.3) is 0 Å². The molecule has 0 radical (unpaired) electrons. The first-order valence-electron chi connectivity index (χ1n) is 6.68. The van der Waals surface area contributed by atoms with E-state index in [2.05, 4.69) is 5.32 Å². The Hall–Kier alpha value is -1.55. The van der Waals surface area contributed by atoms with Gasteiger partial charge in [-0.25, -0.2) is 0 Å². The third-order valence-corrected chi connectivity index (χ3v) is 3.07. The Balaban J connectivity index is 2.53. The maximum Gasteiger partial charge on any atom is 0.239 e. The van der Waals surface area contributed by atoms with Gasteiger partial charge in [0.05, 0.1) is 6.54 Å². The molecule has 20 heavy (non-hydrogen) atoms. The van der Waals surface area contributed by atoms with Crippen LogP contribution >= 0.6 is 11.6 Å². The van der Waals surface area contributed by atoms with Crippen LogP contribution in [0.5, 0.6) is 0 Å². The van der Waals surface area contributed by atoms with E-state index in [0.717, 1.165) is 5.56 Å². The van der Waals surface area contributed by atoms with Gasteiger partial charge in [0.2, 0.25) is 11.8 Å². The predicted molar refractivity (Wildman–Crippen MR) is 80.7 cm³/mol. The molecular weight excluding hydrogens is 276 g/mol. The third-order valence-electron chi connectivity index (χ3n) is 2.81. The molecule has 0 saturated heterocycles. The third kappa shape index (κ3) is 6.06. The first-order chi connectivity index (χ1) is 9.38. The van der Waals surface area contributed by atoms with E-state index in [9.17, 15) is 9.59 Å². The number of nitrogens with one attached hydrogen (secondary N) is 1. The van der Waals surface area contributed by atoms with E-state index >= 15 is 0 Å². The number of nitrogens with zero attached hydrogens (tertiary/aromatic N) is 1. The van der Waals surface area contributed by atoms with Gasteiger partial charge in [0.15, 0.2) is 0 Å². The van der Waals surface area contributed by atoms with E-state index < -0.39 is 0 Å². The van der Waals surface area contributed by atoms with Crippen LogP contribution in [0.3, 0.4) is 0 Å². The molecule has 1 N–H and O–H groups in total. The van der Waals surface area contributed by atoms with E-state index in [-0.39, 0.29) is 24.4 Å². The summed E-state index contributed by atoms with van der Waals surface area (Å²) in [6, 6.07) is 7.57. The van der Waals surface area contributed by atoms with E-state index in [0.29, 0.717) is 18.0 Å². The number of benzene rings is 1. The molecule has 2 amide bonds. The summed E-state index contributed by atoms with van der Waals surface area (Å²) in [6.07, 6.45) is 0.700. The molecule has 0 aliphatic carbocycles. The zero-order chi connectivity index (χ0) is 15.1. The molecule has 0 unspecified atom stereocenters. The van der Waals surface area contributed by atoms with Crippen molar-refractivity contribution >= 4 is 23.4 Å². The van der Waals surface area contributed by atoms with Gasteiger partial charge < -0.3 is 10.2 Å². The molecule has 0 bridgehead atoms. The molecule has 0 heterocycles. The summed E-state index contributed by atoms with van der Waals surface area (Å²) in [5, 5.41) is 3.47. The Morgan fingerprint density at radius 2 is 1.85 bits per heavy atom. The fourth-order valence-corrected chi connectivity index (χ4v) is 1.93. The zero-order valence-electron chi connectivity index (χ0n) is 12.1. The Morgan fingerprint density at radius 1 is 1.25 bits per heavy atom. The summed E-state index contributed by atoms with van der Waals surface area (Å²) in [5.74, 6) is -0.232. The number of carbonyl (C=O) groups excluding carboxylic acids is 2. The van der Waals surface area contributed by atoms with Crippen LogP contribution in [0.1, 0.15) is 26.3 Å². The maximum atomic E-state index is 11.7. The zero-order valence-corrected chi connectivity index (χ0v) is 12.9. The molecular formula is C15H21ClN2O2. The molecule has 0 atom stereocenters. The largest absolute Gasteiger partial charge is 0.352 e. The smallest absolute Gasteiger partial charge is 0.239 e. The summed E-state index contributed by atoms with van der Waals surface area (Å²) in [7, 11) is 0. The highest BCUT2D eigenvalue weighted by molar-refractivity contribution is 6.30. The molecule has 0 spiro atoms. The van der Waals surface area contributed by atoms with Crippen molar-refractivity contribution in [1.29, 1.82) is 0 Å². The lowest BCUT2D eigenvalue weighted by Crippen LogP contribution is -2.42. The molecule has 1 aromatic rings. The molecule has 0 aromatic heterocycles. The van der Waals surface area contributed by atoms with Crippen molar-refractivity contribution in [3.05, 3.63) is 34.9 Å². The summed E-state index contributed by atoms with van der Waals surface area (Å²) < 4.78 is 0. The summed E-state index contributed by atoms with van der Waals surface area (Å²) in [6.45, 7) is 5.88. The van der Waals surface area contributed by atoms with Gasteiger partial charge in [-0.05, 0) is 38.0 Å². The number of amides is 2. The Labute approximate surface area is 125 Å². The topological polar surface area (TPSA) is 49.4 Å². The monoisotopic (exact) mass is 296 g/mol. The van der Waals surface area contributed by atoms with E-state index in [1.165, 1.54) is 6.92 Å². The van der Waals surface area contributed by atoms with E-state index in [4.69, 9.17) is 11.6 Å². The van der Waals surface area contributed by atoms with Gasteiger partial charge in [0.1, 0.15) is 0 Å². The van der Waals surface area contributed by atoms with Gasteiger partial charge >= 0.3 is 0 Å². The lowest BCUT2D eigenvalue weighted by molar-refractivity contribution is -0.134. The minimum atomic E-state index is -0.133. The van der Waals surface area contributed by atoms with Gasteiger partial charge in [0, 0.05) is 24.5 Å². The van der Waals surface area contributed by atoms with Crippen LogP contribution in [0.15, 0.2) is 24.3 Å². The van der Waals surface area contributed by atoms with Crippen molar-refractivity contribution in [2.75, 3.05) is 13.1 Å². The molecule has 0 saturated carbocycles. The maximum absolute atomic E-state index is 11.7. The summed E-state index contributed by atoms with van der Waals surface area (Å²) in [4.78, 5) is 24.8. The second-order valence-electron chi connectivity index (χ2n) is 5.04. The van der Waals surface area contributed by atoms with Crippen molar-refractivity contribution in [2.24, 2.45) is 0 Å². The van der Waals surface area contributed by atoms with Crippen molar-refractivity contribution in [2.45, 2.75) is 33.2 Å². The first-order valence-corrected chi connectivity index (χ1v) is 7.05. The fraction of sp³-hybridized carbons (Fsp3) is 0.467. The minimum absolute atomic E-state index is 0.0765. The lowest BCUT2D eigenvalue weighted by Gasteiger charge is -2.21. The van der Waals surface area contributed by atoms with Crippen LogP contribution in [0.4, 0.5) is 0 Å². The number of rotatable bonds is 6. The molecule has 0 aliphatic rings. The Morgan fingerprint density at radius 3 is 2.35 bits per heavy atom.